The molecule has 1 saturated heterocycles. The van der Waals surface area contributed by atoms with Crippen molar-refractivity contribution < 1.29 is 19.3 Å². The van der Waals surface area contributed by atoms with Crippen LogP contribution in [0.3, 0.4) is 0 Å². The van der Waals surface area contributed by atoms with E-state index in [1.807, 2.05) is 31.2 Å². The van der Waals surface area contributed by atoms with Crippen LogP contribution in [0, 0.1) is 11.8 Å². The van der Waals surface area contributed by atoms with Crippen molar-refractivity contribution in [3.63, 3.8) is 0 Å². The van der Waals surface area contributed by atoms with Crippen LogP contribution in [-0.2, 0) is 9.47 Å². The molecule has 20 heavy (non-hydrogen) atoms. The lowest BCUT2D eigenvalue weighted by Gasteiger charge is -2.39. The largest absolute Gasteiger partial charge is 0.497 e. The summed E-state index contributed by atoms with van der Waals surface area (Å²) in [7, 11) is 1.65. The molecule has 1 aromatic carbocycles. The van der Waals surface area contributed by atoms with Gasteiger partial charge in [-0.05, 0) is 18.6 Å². The smallest absolute Gasteiger partial charge is 0.184 e. The molecular weight excluding hydrogens is 256 g/mol. The van der Waals surface area contributed by atoms with Gasteiger partial charge < -0.3 is 19.3 Å². The van der Waals surface area contributed by atoms with Crippen molar-refractivity contribution in [1.82, 2.24) is 0 Å². The molecule has 1 aromatic rings. The normalized spacial score (nSPS) is 28.1. The highest BCUT2D eigenvalue weighted by atomic mass is 16.7. The summed E-state index contributed by atoms with van der Waals surface area (Å²) in [6.07, 6.45) is 0.665. The maximum Gasteiger partial charge on any atom is 0.184 e. The van der Waals surface area contributed by atoms with Gasteiger partial charge in [-0.15, -0.1) is 0 Å². The van der Waals surface area contributed by atoms with Crippen LogP contribution in [-0.4, -0.2) is 31.5 Å². The van der Waals surface area contributed by atoms with Crippen LogP contribution in [0.2, 0.25) is 0 Å². The molecule has 1 heterocycles. The highest BCUT2D eigenvalue weighted by molar-refractivity contribution is 5.28. The predicted molar refractivity (Wildman–Crippen MR) is 76.6 cm³/mol. The third-order valence-corrected chi connectivity index (χ3v) is 3.97. The summed E-state index contributed by atoms with van der Waals surface area (Å²) in [6, 6.07) is 7.71. The highest BCUT2D eigenvalue weighted by Crippen LogP contribution is 2.34. The molecule has 1 aliphatic rings. The molecule has 0 bridgehead atoms. The molecule has 0 aromatic heterocycles. The fourth-order valence-electron chi connectivity index (χ4n) is 2.59. The van der Waals surface area contributed by atoms with Gasteiger partial charge in [-0.3, -0.25) is 0 Å². The first-order valence-corrected chi connectivity index (χ1v) is 7.21. The first kappa shape index (κ1) is 15.3. The van der Waals surface area contributed by atoms with E-state index in [1.165, 1.54) is 0 Å². The molecule has 1 aliphatic heterocycles. The van der Waals surface area contributed by atoms with Gasteiger partial charge in [-0.1, -0.05) is 26.0 Å². The minimum Gasteiger partial charge on any atom is -0.497 e. The second kappa shape index (κ2) is 7.07. The van der Waals surface area contributed by atoms with Crippen LogP contribution in [0.25, 0.3) is 0 Å². The van der Waals surface area contributed by atoms with Crippen LogP contribution in [0.15, 0.2) is 24.3 Å². The number of ether oxygens (including phenoxy) is 3. The Morgan fingerprint density at radius 1 is 1.35 bits per heavy atom. The molecule has 4 atom stereocenters. The topological polar surface area (TPSA) is 47.9 Å². The van der Waals surface area contributed by atoms with Crippen molar-refractivity contribution in [2.75, 3.05) is 20.3 Å². The number of methoxy groups -OCH3 is 1. The van der Waals surface area contributed by atoms with Gasteiger partial charge in [-0.2, -0.15) is 0 Å². The zero-order valence-corrected chi connectivity index (χ0v) is 12.4. The summed E-state index contributed by atoms with van der Waals surface area (Å²) in [5.74, 6) is 1.27. The van der Waals surface area contributed by atoms with Gasteiger partial charge in [0, 0.05) is 24.0 Å². The third-order valence-electron chi connectivity index (χ3n) is 3.97. The number of aliphatic hydroxyl groups is 1. The minimum atomic E-state index is -0.359. The second-order valence-electron chi connectivity index (χ2n) is 5.37. The molecule has 1 fully saturated rings. The lowest BCUT2D eigenvalue weighted by molar-refractivity contribution is -0.254. The first-order valence-electron chi connectivity index (χ1n) is 7.21. The van der Waals surface area contributed by atoms with Crippen LogP contribution in [0.4, 0.5) is 0 Å². The second-order valence-corrected chi connectivity index (χ2v) is 5.37. The summed E-state index contributed by atoms with van der Waals surface area (Å²) in [4.78, 5) is 0. The summed E-state index contributed by atoms with van der Waals surface area (Å²) < 4.78 is 17.1. The van der Waals surface area contributed by atoms with E-state index in [9.17, 15) is 5.11 Å². The van der Waals surface area contributed by atoms with E-state index in [2.05, 4.69) is 6.92 Å². The Kier molecular flexibility index (Phi) is 5.40. The van der Waals surface area contributed by atoms with Crippen LogP contribution in [0.5, 0.6) is 5.75 Å². The molecule has 0 spiro atoms. The van der Waals surface area contributed by atoms with Crippen molar-refractivity contribution in [3.05, 3.63) is 29.8 Å². The van der Waals surface area contributed by atoms with Crippen LogP contribution >= 0.6 is 0 Å². The Balaban J connectivity index is 2.09. The van der Waals surface area contributed by atoms with E-state index in [0.29, 0.717) is 12.5 Å². The van der Waals surface area contributed by atoms with Crippen molar-refractivity contribution in [3.8, 4) is 5.75 Å². The molecule has 1 N–H and O–H groups in total. The molecule has 0 saturated carbocycles. The van der Waals surface area contributed by atoms with Crippen molar-refractivity contribution >= 4 is 0 Å². The number of hydrogen-bond acceptors (Lipinski definition) is 4. The van der Waals surface area contributed by atoms with E-state index >= 15 is 0 Å². The van der Waals surface area contributed by atoms with Gasteiger partial charge in [0.05, 0.1) is 19.8 Å². The van der Waals surface area contributed by atoms with Gasteiger partial charge >= 0.3 is 0 Å². The van der Waals surface area contributed by atoms with Gasteiger partial charge in [0.25, 0.3) is 0 Å². The SMILES string of the molecule is CC[C@@H]1COC(c2ccc(OC)cc2)O[C@@H]1[C@H](C)CO. The van der Waals surface area contributed by atoms with Crippen LogP contribution < -0.4 is 4.74 Å². The number of rotatable bonds is 5. The number of aliphatic hydroxyl groups excluding tert-OH is 1. The third kappa shape index (κ3) is 3.32. The van der Waals surface area contributed by atoms with Crippen molar-refractivity contribution in [2.45, 2.75) is 32.7 Å². The van der Waals surface area contributed by atoms with E-state index in [0.717, 1.165) is 17.7 Å². The van der Waals surface area contributed by atoms with Crippen molar-refractivity contribution in [1.29, 1.82) is 0 Å². The monoisotopic (exact) mass is 280 g/mol. The van der Waals surface area contributed by atoms with Gasteiger partial charge in [0.15, 0.2) is 6.29 Å². The maximum atomic E-state index is 9.39. The molecule has 4 heteroatoms. The van der Waals surface area contributed by atoms with Crippen LogP contribution in [0.1, 0.15) is 32.1 Å². The average Bonchev–Trinajstić information content (AvgIpc) is 2.53. The average molecular weight is 280 g/mol. The number of benzene rings is 1. The summed E-state index contributed by atoms with van der Waals surface area (Å²) in [5, 5.41) is 9.39. The zero-order chi connectivity index (χ0) is 14.5. The fraction of sp³-hybridized carbons (Fsp3) is 0.625. The summed E-state index contributed by atoms with van der Waals surface area (Å²) in [5.41, 5.74) is 0.982. The Labute approximate surface area is 120 Å². The fourth-order valence-corrected chi connectivity index (χ4v) is 2.59. The predicted octanol–water partition coefficient (Wildman–Crippen LogP) is 2.76. The van der Waals surface area contributed by atoms with E-state index < -0.39 is 0 Å². The standard InChI is InChI=1S/C16H24O4/c1-4-12-10-19-16(20-15(12)11(2)9-17)13-5-7-14(18-3)8-6-13/h5-8,11-12,15-17H,4,9-10H2,1-3H3/t11-,12-,15-,16?/m1/s1. The number of hydrogen-bond donors (Lipinski definition) is 1. The molecule has 0 radical (unpaired) electrons. The minimum absolute atomic E-state index is 0.0332. The van der Waals surface area contributed by atoms with E-state index in [4.69, 9.17) is 14.2 Å². The van der Waals surface area contributed by atoms with Gasteiger partial charge in [0.2, 0.25) is 0 Å². The molecule has 1 unspecified atom stereocenters. The molecule has 112 valence electrons. The molecule has 0 aliphatic carbocycles. The highest BCUT2D eigenvalue weighted by Gasteiger charge is 2.34. The Morgan fingerprint density at radius 3 is 2.60 bits per heavy atom. The lowest BCUT2D eigenvalue weighted by atomic mass is 9.90. The van der Waals surface area contributed by atoms with Crippen molar-refractivity contribution in [2.24, 2.45) is 11.8 Å². The Morgan fingerprint density at radius 2 is 2.05 bits per heavy atom. The molecule has 0 amide bonds. The van der Waals surface area contributed by atoms with E-state index in [1.54, 1.807) is 7.11 Å². The van der Waals surface area contributed by atoms with E-state index in [-0.39, 0.29) is 24.9 Å². The quantitative estimate of drug-likeness (QED) is 0.901. The first-order chi connectivity index (χ1) is 9.69. The van der Waals surface area contributed by atoms with Gasteiger partial charge in [0.1, 0.15) is 5.75 Å². The Hall–Kier alpha value is -1.10. The van der Waals surface area contributed by atoms with Gasteiger partial charge in [-0.25, -0.2) is 0 Å². The molecular formula is C16H24O4. The Bertz CT molecular complexity index is 403. The summed E-state index contributed by atoms with van der Waals surface area (Å²) in [6.45, 7) is 4.95. The summed E-state index contributed by atoms with van der Waals surface area (Å²) >= 11 is 0. The molecule has 2 rings (SSSR count). The maximum absolute atomic E-state index is 9.39. The molecule has 4 nitrogen and oxygen atoms in total. The zero-order valence-electron chi connectivity index (χ0n) is 12.4. The lowest BCUT2D eigenvalue weighted by Crippen LogP contribution is -2.41.